The lowest BCUT2D eigenvalue weighted by Crippen LogP contribution is -2.40. The van der Waals surface area contributed by atoms with Crippen LogP contribution in [0.5, 0.6) is 0 Å². The van der Waals surface area contributed by atoms with Crippen LogP contribution in [0.3, 0.4) is 0 Å². The molecule has 1 fully saturated rings. The second-order valence-electron chi connectivity index (χ2n) is 5.17. The number of likely N-dealkylation sites (N-methyl/N-ethyl adjacent to an activating group) is 1. The summed E-state index contributed by atoms with van der Waals surface area (Å²) >= 11 is 7.25. The number of hydrogen-bond donors (Lipinski definition) is 0. The Morgan fingerprint density at radius 2 is 2.16 bits per heavy atom. The summed E-state index contributed by atoms with van der Waals surface area (Å²) in [5, 5.41) is 0. The maximum absolute atomic E-state index is 12.3. The molecule has 19 heavy (non-hydrogen) atoms. The number of nitrogens with zero attached hydrogens (tertiary/aromatic N) is 2. The molecule has 1 unspecified atom stereocenters. The Hall–Kier alpha value is -0.420. The molecule has 1 atom stereocenters. The zero-order chi connectivity index (χ0) is 13.8. The van der Waals surface area contributed by atoms with Crippen molar-refractivity contribution in [3.8, 4) is 0 Å². The Morgan fingerprint density at radius 1 is 1.47 bits per heavy atom. The van der Waals surface area contributed by atoms with Crippen molar-refractivity contribution in [2.75, 3.05) is 33.2 Å². The summed E-state index contributed by atoms with van der Waals surface area (Å²) in [5.41, 5.74) is 0. The van der Waals surface area contributed by atoms with E-state index in [0.29, 0.717) is 4.34 Å². The molecule has 1 saturated heterocycles. The maximum atomic E-state index is 12.3. The van der Waals surface area contributed by atoms with Crippen LogP contribution < -0.4 is 0 Å². The molecule has 3 nitrogen and oxygen atoms in total. The van der Waals surface area contributed by atoms with Gasteiger partial charge in [-0.3, -0.25) is 9.69 Å². The fraction of sp³-hybridized carbons (Fsp3) is 0.643. The lowest BCUT2D eigenvalue weighted by Gasteiger charge is -2.25. The summed E-state index contributed by atoms with van der Waals surface area (Å²) in [6, 6.07) is 3.52. The highest BCUT2D eigenvalue weighted by molar-refractivity contribution is 7.18. The molecular weight excluding hydrogens is 280 g/mol. The summed E-state index contributed by atoms with van der Waals surface area (Å²) in [4.78, 5) is 17.6. The standard InChI is InChI=1S/C14H21ClN2OS/c1-11(14(18)12-5-6-13(15)19-12)16(2)9-10-17-7-3-4-8-17/h5-6,11H,3-4,7-10H2,1-2H3. The van der Waals surface area contributed by atoms with Crippen molar-refractivity contribution < 1.29 is 4.79 Å². The first kappa shape index (κ1) is 15.0. The number of ketones is 1. The van der Waals surface area contributed by atoms with Crippen molar-refractivity contribution in [3.05, 3.63) is 21.3 Å². The molecule has 106 valence electrons. The van der Waals surface area contributed by atoms with Gasteiger partial charge in [-0.25, -0.2) is 0 Å². The van der Waals surface area contributed by atoms with Crippen LogP contribution in [0, 0.1) is 0 Å². The molecule has 2 heterocycles. The average molecular weight is 301 g/mol. The fourth-order valence-corrected chi connectivity index (χ4v) is 3.42. The van der Waals surface area contributed by atoms with Crippen molar-refractivity contribution in [3.63, 3.8) is 0 Å². The molecule has 2 rings (SSSR count). The second kappa shape index (κ2) is 6.84. The SMILES string of the molecule is CC(C(=O)c1ccc(Cl)s1)N(C)CCN1CCCC1. The minimum absolute atomic E-state index is 0.0858. The molecule has 0 spiro atoms. The number of thiophene rings is 1. The molecule has 0 aliphatic carbocycles. The predicted molar refractivity (Wildman–Crippen MR) is 81.4 cm³/mol. The summed E-state index contributed by atoms with van der Waals surface area (Å²) in [6.45, 7) is 6.37. The van der Waals surface area contributed by atoms with Crippen LogP contribution >= 0.6 is 22.9 Å². The molecule has 0 bridgehead atoms. The van der Waals surface area contributed by atoms with Crippen LogP contribution in [0.15, 0.2) is 12.1 Å². The first-order chi connectivity index (χ1) is 9.08. The molecule has 0 saturated carbocycles. The van der Waals surface area contributed by atoms with E-state index in [1.54, 1.807) is 6.07 Å². The summed E-state index contributed by atoms with van der Waals surface area (Å²) < 4.78 is 0.676. The molecule has 0 N–H and O–H groups in total. The highest BCUT2D eigenvalue weighted by atomic mass is 35.5. The molecule has 0 aromatic carbocycles. The van der Waals surface area contributed by atoms with Crippen molar-refractivity contribution in [2.45, 2.75) is 25.8 Å². The normalized spacial score (nSPS) is 18.1. The van der Waals surface area contributed by atoms with E-state index in [0.717, 1.165) is 18.0 Å². The van der Waals surface area contributed by atoms with E-state index < -0.39 is 0 Å². The average Bonchev–Trinajstić information content (AvgIpc) is 3.05. The van der Waals surface area contributed by atoms with E-state index in [1.165, 1.54) is 37.3 Å². The number of rotatable bonds is 6. The second-order valence-corrected chi connectivity index (χ2v) is 6.89. The van der Waals surface area contributed by atoms with Gasteiger partial charge in [0, 0.05) is 13.1 Å². The summed E-state index contributed by atoms with van der Waals surface area (Å²) in [5.74, 6) is 0.167. The molecule has 1 aliphatic heterocycles. The zero-order valence-electron chi connectivity index (χ0n) is 11.6. The Balaban J connectivity index is 1.83. The third-order valence-electron chi connectivity index (χ3n) is 3.82. The highest BCUT2D eigenvalue weighted by Gasteiger charge is 2.21. The minimum Gasteiger partial charge on any atom is -0.302 e. The molecule has 1 aromatic heterocycles. The smallest absolute Gasteiger partial charge is 0.189 e. The lowest BCUT2D eigenvalue weighted by atomic mass is 10.1. The number of hydrogen-bond acceptors (Lipinski definition) is 4. The molecule has 1 aliphatic rings. The zero-order valence-corrected chi connectivity index (χ0v) is 13.1. The Bertz CT molecular complexity index is 429. The van der Waals surface area contributed by atoms with Gasteiger partial charge in [0.1, 0.15) is 0 Å². The van der Waals surface area contributed by atoms with Gasteiger partial charge in [-0.2, -0.15) is 0 Å². The van der Waals surface area contributed by atoms with Gasteiger partial charge in [-0.1, -0.05) is 11.6 Å². The Labute approximate surface area is 124 Å². The van der Waals surface area contributed by atoms with E-state index in [1.807, 2.05) is 20.0 Å². The summed E-state index contributed by atoms with van der Waals surface area (Å²) in [7, 11) is 2.02. The first-order valence-electron chi connectivity index (χ1n) is 6.80. The molecule has 1 aromatic rings. The van der Waals surface area contributed by atoms with E-state index in [9.17, 15) is 4.79 Å². The molecule has 0 radical (unpaired) electrons. The van der Waals surface area contributed by atoms with Crippen molar-refractivity contribution in [2.24, 2.45) is 0 Å². The van der Waals surface area contributed by atoms with E-state index >= 15 is 0 Å². The fourth-order valence-electron chi connectivity index (χ4n) is 2.35. The number of carbonyl (C=O) groups excluding carboxylic acids is 1. The van der Waals surface area contributed by atoms with Gasteiger partial charge in [0.25, 0.3) is 0 Å². The predicted octanol–water partition coefficient (Wildman–Crippen LogP) is 3.00. The maximum Gasteiger partial charge on any atom is 0.189 e. The molecular formula is C14H21ClN2OS. The van der Waals surface area contributed by atoms with Gasteiger partial charge >= 0.3 is 0 Å². The van der Waals surface area contributed by atoms with Gasteiger partial charge in [0.15, 0.2) is 5.78 Å². The van der Waals surface area contributed by atoms with E-state index in [4.69, 9.17) is 11.6 Å². The number of carbonyl (C=O) groups is 1. The molecule has 0 amide bonds. The first-order valence-corrected chi connectivity index (χ1v) is 7.99. The summed E-state index contributed by atoms with van der Waals surface area (Å²) in [6.07, 6.45) is 2.62. The third-order valence-corrected chi connectivity index (χ3v) is 5.07. The van der Waals surface area contributed by atoms with E-state index in [-0.39, 0.29) is 11.8 Å². The van der Waals surface area contributed by atoms with Crippen LogP contribution in [-0.4, -0.2) is 54.9 Å². The molecule has 5 heteroatoms. The number of Topliss-reactive ketones (excluding diaryl/α,β-unsaturated/α-hetero) is 1. The van der Waals surface area contributed by atoms with E-state index in [2.05, 4.69) is 9.80 Å². The third kappa shape index (κ3) is 4.02. The van der Waals surface area contributed by atoms with Crippen LogP contribution in [0.25, 0.3) is 0 Å². The van der Waals surface area contributed by atoms with Crippen LogP contribution in [0.1, 0.15) is 29.4 Å². The van der Waals surface area contributed by atoms with Crippen LogP contribution in [-0.2, 0) is 0 Å². The number of halogens is 1. The number of likely N-dealkylation sites (tertiary alicyclic amines) is 1. The monoisotopic (exact) mass is 300 g/mol. The highest BCUT2D eigenvalue weighted by Crippen LogP contribution is 2.23. The van der Waals surface area contributed by atoms with Gasteiger partial charge in [0.2, 0.25) is 0 Å². The van der Waals surface area contributed by atoms with Crippen LogP contribution in [0.2, 0.25) is 4.34 Å². The van der Waals surface area contributed by atoms with Crippen molar-refractivity contribution in [1.29, 1.82) is 0 Å². The van der Waals surface area contributed by atoms with Gasteiger partial charge in [0.05, 0.1) is 15.3 Å². The van der Waals surface area contributed by atoms with Gasteiger partial charge in [-0.15, -0.1) is 11.3 Å². The van der Waals surface area contributed by atoms with Crippen molar-refractivity contribution >= 4 is 28.7 Å². The van der Waals surface area contributed by atoms with Crippen molar-refractivity contribution in [1.82, 2.24) is 9.80 Å². The lowest BCUT2D eigenvalue weighted by molar-refractivity contribution is 0.0863. The topological polar surface area (TPSA) is 23.6 Å². The Kier molecular flexibility index (Phi) is 5.39. The Morgan fingerprint density at radius 3 is 2.74 bits per heavy atom. The van der Waals surface area contributed by atoms with Crippen LogP contribution in [0.4, 0.5) is 0 Å². The minimum atomic E-state index is -0.0858. The largest absolute Gasteiger partial charge is 0.302 e. The quantitative estimate of drug-likeness (QED) is 0.755. The van der Waals surface area contributed by atoms with Gasteiger partial charge < -0.3 is 4.90 Å². The van der Waals surface area contributed by atoms with Gasteiger partial charge in [-0.05, 0) is 52.0 Å².